The first-order valence-electron chi connectivity index (χ1n) is 8.27. The van der Waals surface area contributed by atoms with Gasteiger partial charge in [-0.05, 0) is 50.4 Å². The summed E-state index contributed by atoms with van der Waals surface area (Å²) in [6.45, 7) is 3.99. The summed E-state index contributed by atoms with van der Waals surface area (Å²) in [5.74, 6) is 0.996. The normalized spacial score (nSPS) is 17.4. The fraction of sp³-hybridized carbons (Fsp3) is 0.667. The highest BCUT2D eigenvalue weighted by Gasteiger charge is 2.09. The van der Waals surface area contributed by atoms with Gasteiger partial charge in [0, 0.05) is 6.04 Å². The Morgan fingerprint density at radius 1 is 1.10 bits per heavy atom. The average Bonchev–Trinajstić information content (AvgIpc) is 2.40. The molecule has 0 unspecified atom stereocenters. The van der Waals surface area contributed by atoms with E-state index in [2.05, 4.69) is 30.4 Å². The van der Waals surface area contributed by atoms with E-state index >= 15 is 0 Å². The quantitative estimate of drug-likeness (QED) is 0.774. The van der Waals surface area contributed by atoms with Gasteiger partial charge in [-0.25, -0.2) is 0 Å². The fourth-order valence-electron chi connectivity index (χ4n) is 2.93. The van der Waals surface area contributed by atoms with E-state index in [1.807, 2.05) is 6.07 Å². The van der Waals surface area contributed by atoms with Crippen molar-refractivity contribution in [2.45, 2.75) is 64.3 Å². The van der Waals surface area contributed by atoms with Crippen LogP contribution < -0.4 is 10.1 Å². The molecule has 1 N–H and O–H groups in total. The Bertz CT molecular complexity index is 369. The minimum atomic E-state index is 0.745. The number of aryl methyl sites for hydroxylation is 1. The molecule has 1 fully saturated rings. The molecule has 2 nitrogen and oxygen atoms in total. The molecule has 2 heteroatoms. The zero-order valence-corrected chi connectivity index (χ0v) is 12.9. The van der Waals surface area contributed by atoms with Gasteiger partial charge in [0.1, 0.15) is 5.75 Å². The van der Waals surface area contributed by atoms with Crippen LogP contribution in [0.5, 0.6) is 5.75 Å². The third kappa shape index (κ3) is 5.96. The van der Waals surface area contributed by atoms with Crippen LogP contribution in [0.25, 0.3) is 0 Å². The monoisotopic (exact) mass is 275 g/mol. The Hall–Kier alpha value is -1.02. The minimum Gasteiger partial charge on any atom is -0.494 e. The number of rotatable bonds is 6. The first-order chi connectivity index (χ1) is 9.84. The van der Waals surface area contributed by atoms with Crippen molar-refractivity contribution < 1.29 is 4.74 Å². The minimum absolute atomic E-state index is 0.745. The maximum Gasteiger partial charge on any atom is 0.119 e. The predicted octanol–water partition coefficient (Wildman–Crippen LogP) is 4.47. The third-order valence-electron chi connectivity index (χ3n) is 4.12. The van der Waals surface area contributed by atoms with E-state index in [4.69, 9.17) is 4.74 Å². The van der Waals surface area contributed by atoms with Gasteiger partial charge in [0.25, 0.3) is 0 Å². The van der Waals surface area contributed by atoms with Gasteiger partial charge in [0.2, 0.25) is 0 Å². The highest BCUT2D eigenvalue weighted by atomic mass is 16.5. The SMILES string of the molecule is Cc1cccc(OCCCNC2CCCCCCC2)c1. The van der Waals surface area contributed by atoms with Gasteiger partial charge in [-0.2, -0.15) is 0 Å². The van der Waals surface area contributed by atoms with Crippen molar-refractivity contribution in [1.29, 1.82) is 0 Å². The predicted molar refractivity (Wildman–Crippen MR) is 85.4 cm³/mol. The summed E-state index contributed by atoms with van der Waals surface area (Å²) in [6, 6.07) is 9.03. The van der Waals surface area contributed by atoms with E-state index in [-0.39, 0.29) is 0 Å². The van der Waals surface area contributed by atoms with Gasteiger partial charge in [-0.1, -0.05) is 44.2 Å². The molecule has 1 aliphatic carbocycles. The van der Waals surface area contributed by atoms with Gasteiger partial charge < -0.3 is 10.1 Å². The van der Waals surface area contributed by atoms with Gasteiger partial charge in [0.15, 0.2) is 0 Å². The highest BCUT2D eigenvalue weighted by Crippen LogP contribution is 2.17. The molecular weight excluding hydrogens is 246 g/mol. The summed E-state index contributed by atoms with van der Waals surface area (Å²) in [5, 5.41) is 3.71. The molecular formula is C18H29NO. The lowest BCUT2D eigenvalue weighted by molar-refractivity contribution is 0.299. The topological polar surface area (TPSA) is 21.3 Å². The van der Waals surface area contributed by atoms with Crippen molar-refractivity contribution in [3.8, 4) is 5.75 Å². The van der Waals surface area contributed by atoms with Crippen LogP contribution in [0.4, 0.5) is 0 Å². The Labute approximate surface area is 123 Å². The Balaban J connectivity index is 1.56. The molecule has 0 heterocycles. The largest absolute Gasteiger partial charge is 0.494 e. The second-order valence-electron chi connectivity index (χ2n) is 6.01. The van der Waals surface area contributed by atoms with Crippen LogP contribution in [-0.4, -0.2) is 19.2 Å². The van der Waals surface area contributed by atoms with Crippen molar-refractivity contribution in [2.24, 2.45) is 0 Å². The van der Waals surface area contributed by atoms with Crippen LogP contribution in [0.2, 0.25) is 0 Å². The number of hydrogen-bond donors (Lipinski definition) is 1. The molecule has 0 radical (unpaired) electrons. The molecule has 1 saturated carbocycles. The second-order valence-corrected chi connectivity index (χ2v) is 6.01. The molecule has 112 valence electrons. The smallest absolute Gasteiger partial charge is 0.119 e. The van der Waals surface area contributed by atoms with Crippen LogP contribution >= 0.6 is 0 Å². The van der Waals surface area contributed by atoms with Gasteiger partial charge in [-0.3, -0.25) is 0 Å². The van der Waals surface area contributed by atoms with Crippen LogP contribution in [0.15, 0.2) is 24.3 Å². The van der Waals surface area contributed by atoms with Gasteiger partial charge >= 0.3 is 0 Å². The van der Waals surface area contributed by atoms with Crippen LogP contribution in [0.3, 0.4) is 0 Å². The lowest BCUT2D eigenvalue weighted by Gasteiger charge is -2.21. The second kappa shape index (κ2) is 9.02. The van der Waals surface area contributed by atoms with Crippen LogP contribution in [0.1, 0.15) is 56.9 Å². The molecule has 1 aromatic carbocycles. The average molecular weight is 275 g/mol. The van der Waals surface area contributed by atoms with Gasteiger partial charge in [0.05, 0.1) is 6.61 Å². The number of nitrogens with one attached hydrogen (secondary N) is 1. The maximum absolute atomic E-state index is 5.78. The van der Waals surface area contributed by atoms with Crippen molar-refractivity contribution in [3.63, 3.8) is 0 Å². The molecule has 20 heavy (non-hydrogen) atoms. The molecule has 0 saturated heterocycles. The molecule has 0 aromatic heterocycles. The Morgan fingerprint density at radius 2 is 1.85 bits per heavy atom. The lowest BCUT2D eigenvalue weighted by Crippen LogP contribution is -2.31. The molecule has 0 aliphatic heterocycles. The van der Waals surface area contributed by atoms with E-state index in [0.717, 1.165) is 31.4 Å². The van der Waals surface area contributed by atoms with E-state index < -0.39 is 0 Å². The van der Waals surface area contributed by atoms with E-state index in [1.165, 1.54) is 50.5 Å². The summed E-state index contributed by atoms with van der Waals surface area (Å²) in [5.41, 5.74) is 1.26. The summed E-state index contributed by atoms with van der Waals surface area (Å²) in [6.07, 6.45) is 10.9. The third-order valence-corrected chi connectivity index (χ3v) is 4.12. The van der Waals surface area contributed by atoms with E-state index in [1.54, 1.807) is 0 Å². The molecule has 0 amide bonds. The van der Waals surface area contributed by atoms with Crippen molar-refractivity contribution in [2.75, 3.05) is 13.2 Å². The molecule has 1 aromatic rings. The van der Waals surface area contributed by atoms with E-state index in [0.29, 0.717) is 0 Å². The maximum atomic E-state index is 5.78. The number of benzene rings is 1. The highest BCUT2D eigenvalue weighted by molar-refractivity contribution is 5.27. The summed E-state index contributed by atoms with van der Waals surface area (Å²) < 4.78 is 5.78. The number of ether oxygens (including phenoxy) is 1. The Kier molecular flexibility index (Phi) is 6.93. The number of hydrogen-bond acceptors (Lipinski definition) is 2. The summed E-state index contributed by atoms with van der Waals surface area (Å²) in [7, 11) is 0. The first kappa shape index (κ1) is 15.4. The molecule has 2 rings (SSSR count). The lowest BCUT2D eigenvalue weighted by atomic mass is 9.97. The molecule has 0 bridgehead atoms. The summed E-state index contributed by atoms with van der Waals surface area (Å²) in [4.78, 5) is 0. The first-order valence-corrected chi connectivity index (χ1v) is 8.27. The van der Waals surface area contributed by atoms with Crippen LogP contribution in [-0.2, 0) is 0 Å². The zero-order chi connectivity index (χ0) is 14.0. The Morgan fingerprint density at radius 3 is 2.60 bits per heavy atom. The van der Waals surface area contributed by atoms with Crippen LogP contribution in [0, 0.1) is 6.92 Å². The summed E-state index contributed by atoms with van der Waals surface area (Å²) >= 11 is 0. The molecule has 0 spiro atoms. The molecule has 1 aliphatic rings. The molecule has 0 atom stereocenters. The van der Waals surface area contributed by atoms with Crippen molar-refractivity contribution in [3.05, 3.63) is 29.8 Å². The van der Waals surface area contributed by atoms with Crippen molar-refractivity contribution >= 4 is 0 Å². The van der Waals surface area contributed by atoms with Crippen molar-refractivity contribution in [1.82, 2.24) is 5.32 Å². The van der Waals surface area contributed by atoms with E-state index in [9.17, 15) is 0 Å². The zero-order valence-electron chi connectivity index (χ0n) is 12.9. The van der Waals surface area contributed by atoms with Gasteiger partial charge in [-0.15, -0.1) is 0 Å². The fourth-order valence-corrected chi connectivity index (χ4v) is 2.93. The standard InChI is InChI=1S/C18H29NO/c1-16-9-7-12-18(15-16)20-14-8-13-19-17-10-5-3-2-4-6-11-17/h7,9,12,15,17,19H,2-6,8,10-11,13-14H2,1H3.